The fourth-order valence-electron chi connectivity index (χ4n) is 3.62. The lowest BCUT2D eigenvalue weighted by Gasteiger charge is -2.29. The van der Waals surface area contributed by atoms with Crippen molar-refractivity contribution < 1.29 is 28.4 Å². The Morgan fingerprint density at radius 1 is 0.917 bits per heavy atom. The molecule has 0 spiro atoms. The minimum Gasteiger partial charge on any atom is -0.372 e. The molecule has 6 heteroatoms. The van der Waals surface area contributed by atoms with Gasteiger partial charge < -0.3 is 28.4 Å². The summed E-state index contributed by atoms with van der Waals surface area (Å²) >= 11 is 0. The van der Waals surface area contributed by atoms with Crippen LogP contribution in [-0.2, 0) is 28.4 Å². The summed E-state index contributed by atoms with van der Waals surface area (Å²) in [5.41, 5.74) is 0. The van der Waals surface area contributed by atoms with E-state index in [2.05, 4.69) is 6.92 Å². The average molecular weight is 344 g/mol. The Labute approximate surface area is 145 Å². The number of rotatable bonds is 7. The molecule has 3 saturated heterocycles. The Morgan fingerprint density at radius 3 is 2.38 bits per heavy atom. The van der Waals surface area contributed by atoms with Crippen LogP contribution in [0.15, 0.2) is 0 Å². The monoisotopic (exact) mass is 344 g/mol. The first-order valence-corrected chi connectivity index (χ1v) is 9.26. The van der Waals surface area contributed by atoms with Gasteiger partial charge in [-0.1, -0.05) is 26.2 Å². The first kappa shape index (κ1) is 18.5. The Hall–Kier alpha value is -0.240. The van der Waals surface area contributed by atoms with Crippen molar-refractivity contribution in [2.45, 2.75) is 103 Å². The summed E-state index contributed by atoms with van der Waals surface area (Å²) in [6.07, 6.45) is 3.47. The minimum absolute atomic E-state index is 0.165. The molecule has 0 bridgehead atoms. The minimum atomic E-state index is -0.642. The Balaban J connectivity index is 1.62. The zero-order valence-corrected chi connectivity index (χ0v) is 15.6. The third-order valence-electron chi connectivity index (χ3n) is 4.73. The van der Waals surface area contributed by atoms with Gasteiger partial charge in [0.2, 0.25) is 0 Å². The van der Waals surface area contributed by atoms with Gasteiger partial charge in [0.05, 0.1) is 6.61 Å². The molecular formula is C18H32O6. The van der Waals surface area contributed by atoms with Gasteiger partial charge >= 0.3 is 0 Å². The number of hydrogen-bond donors (Lipinski definition) is 0. The highest BCUT2D eigenvalue weighted by Gasteiger charge is 2.58. The van der Waals surface area contributed by atoms with Crippen LogP contribution in [0.3, 0.4) is 0 Å². The molecule has 0 radical (unpaired) electrons. The highest BCUT2D eigenvalue weighted by molar-refractivity contribution is 4.98. The average Bonchev–Trinajstić information content (AvgIpc) is 3.09. The molecule has 0 amide bonds. The van der Waals surface area contributed by atoms with Crippen molar-refractivity contribution in [3.8, 4) is 0 Å². The Morgan fingerprint density at radius 2 is 1.71 bits per heavy atom. The Bertz CT molecular complexity index is 424. The molecular weight excluding hydrogens is 312 g/mol. The molecule has 0 aromatic rings. The third kappa shape index (κ3) is 4.11. The smallest absolute Gasteiger partial charge is 0.190 e. The second-order valence-electron chi connectivity index (χ2n) is 7.83. The summed E-state index contributed by atoms with van der Waals surface area (Å²) < 4.78 is 35.9. The molecule has 0 aliphatic carbocycles. The van der Waals surface area contributed by atoms with Crippen molar-refractivity contribution in [2.24, 2.45) is 0 Å². The van der Waals surface area contributed by atoms with Gasteiger partial charge in [0.15, 0.2) is 17.9 Å². The standard InChI is InChI=1S/C18H32O6/c1-6-7-8-9-10-19-14-13(12-11-20-17(2,3)22-12)21-16-15(14)23-18(4,5)24-16/h12-16H,6-11H2,1-5H3/t12?,13-,14+,15-,16-/m1/s1. The van der Waals surface area contributed by atoms with Crippen LogP contribution in [0, 0.1) is 0 Å². The predicted molar refractivity (Wildman–Crippen MR) is 87.5 cm³/mol. The largest absolute Gasteiger partial charge is 0.372 e. The van der Waals surface area contributed by atoms with Gasteiger partial charge in [-0.25, -0.2) is 0 Å². The van der Waals surface area contributed by atoms with Crippen molar-refractivity contribution in [3.05, 3.63) is 0 Å². The van der Waals surface area contributed by atoms with Crippen LogP contribution in [0.2, 0.25) is 0 Å². The maximum absolute atomic E-state index is 6.18. The lowest BCUT2D eigenvalue weighted by atomic mass is 10.1. The van der Waals surface area contributed by atoms with Crippen LogP contribution in [0.5, 0.6) is 0 Å². The molecule has 24 heavy (non-hydrogen) atoms. The van der Waals surface area contributed by atoms with Gasteiger partial charge in [0.25, 0.3) is 0 Å². The van der Waals surface area contributed by atoms with Gasteiger partial charge in [-0.2, -0.15) is 0 Å². The first-order chi connectivity index (χ1) is 11.3. The summed E-state index contributed by atoms with van der Waals surface area (Å²) in [5, 5.41) is 0. The normalized spacial score (nSPS) is 40.1. The zero-order chi connectivity index (χ0) is 17.4. The van der Waals surface area contributed by atoms with E-state index in [1.54, 1.807) is 0 Å². The molecule has 0 aromatic heterocycles. The molecule has 140 valence electrons. The van der Waals surface area contributed by atoms with Crippen molar-refractivity contribution in [1.29, 1.82) is 0 Å². The van der Waals surface area contributed by atoms with E-state index >= 15 is 0 Å². The van der Waals surface area contributed by atoms with Crippen LogP contribution in [-0.4, -0.2) is 55.5 Å². The van der Waals surface area contributed by atoms with Crippen molar-refractivity contribution in [2.75, 3.05) is 13.2 Å². The van der Waals surface area contributed by atoms with E-state index in [9.17, 15) is 0 Å². The zero-order valence-electron chi connectivity index (χ0n) is 15.6. The van der Waals surface area contributed by atoms with E-state index in [0.29, 0.717) is 13.2 Å². The van der Waals surface area contributed by atoms with Crippen molar-refractivity contribution in [1.82, 2.24) is 0 Å². The summed E-state index contributed by atoms with van der Waals surface area (Å²) in [7, 11) is 0. The molecule has 0 aromatic carbocycles. The molecule has 3 rings (SSSR count). The number of fused-ring (bicyclic) bond motifs is 1. The summed E-state index contributed by atoms with van der Waals surface area (Å²) in [6, 6.07) is 0. The number of ether oxygens (including phenoxy) is 6. The van der Waals surface area contributed by atoms with Crippen LogP contribution < -0.4 is 0 Å². The lowest BCUT2D eigenvalue weighted by Crippen LogP contribution is -2.44. The van der Waals surface area contributed by atoms with Crippen LogP contribution in [0.4, 0.5) is 0 Å². The topological polar surface area (TPSA) is 55.4 Å². The van der Waals surface area contributed by atoms with Gasteiger partial charge in [-0.3, -0.25) is 0 Å². The molecule has 3 heterocycles. The van der Waals surface area contributed by atoms with Gasteiger partial charge in [0.1, 0.15) is 24.4 Å². The maximum atomic E-state index is 6.18. The molecule has 0 N–H and O–H groups in total. The van der Waals surface area contributed by atoms with Crippen molar-refractivity contribution >= 4 is 0 Å². The highest BCUT2D eigenvalue weighted by atomic mass is 16.8. The molecule has 6 nitrogen and oxygen atoms in total. The van der Waals surface area contributed by atoms with E-state index in [0.717, 1.165) is 6.42 Å². The van der Waals surface area contributed by atoms with E-state index in [1.807, 2.05) is 27.7 Å². The van der Waals surface area contributed by atoms with Crippen LogP contribution in [0.25, 0.3) is 0 Å². The Kier molecular flexibility index (Phi) is 5.54. The maximum Gasteiger partial charge on any atom is 0.190 e. The summed E-state index contributed by atoms with van der Waals surface area (Å²) in [6.45, 7) is 11.0. The van der Waals surface area contributed by atoms with E-state index in [-0.39, 0.29) is 24.4 Å². The predicted octanol–water partition coefficient (Wildman–Crippen LogP) is 2.98. The van der Waals surface area contributed by atoms with E-state index in [4.69, 9.17) is 28.4 Å². The molecule has 3 aliphatic rings. The SMILES string of the molecule is CCCCCCO[C@@H]1[C@H]2OC(C)(C)O[C@H]2O[C@@H]1C1COC(C)(C)O1. The van der Waals surface area contributed by atoms with E-state index in [1.165, 1.54) is 19.3 Å². The quantitative estimate of drug-likeness (QED) is 0.662. The lowest BCUT2D eigenvalue weighted by molar-refractivity contribution is -0.236. The van der Waals surface area contributed by atoms with Gasteiger partial charge in [-0.05, 0) is 34.1 Å². The fraction of sp³-hybridized carbons (Fsp3) is 1.00. The summed E-state index contributed by atoms with van der Waals surface area (Å²) in [4.78, 5) is 0. The van der Waals surface area contributed by atoms with Gasteiger partial charge in [-0.15, -0.1) is 0 Å². The first-order valence-electron chi connectivity index (χ1n) is 9.26. The second-order valence-corrected chi connectivity index (χ2v) is 7.83. The van der Waals surface area contributed by atoms with Gasteiger partial charge in [0, 0.05) is 6.61 Å². The second kappa shape index (κ2) is 7.17. The number of unbranched alkanes of at least 4 members (excludes halogenated alkanes) is 3. The highest BCUT2D eigenvalue weighted by Crippen LogP contribution is 2.41. The fourth-order valence-corrected chi connectivity index (χ4v) is 3.62. The molecule has 3 fully saturated rings. The molecule has 0 saturated carbocycles. The van der Waals surface area contributed by atoms with Crippen LogP contribution in [0.1, 0.15) is 60.3 Å². The van der Waals surface area contributed by atoms with Crippen molar-refractivity contribution in [3.63, 3.8) is 0 Å². The third-order valence-corrected chi connectivity index (χ3v) is 4.73. The molecule has 5 atom stereocenters. The summed E-state index contributed by atoms with van der Waals surface area (Å²) in [5.74, 6) is -1.23. The number of hydrogen-bond acceptors (Lipinski definition) is 6. The van der Waals surface area contributed by atoms with E-state index < -0.39 is 17.9 Å². The molecule has 3 aliphatic heterocycles. The molecule has 1 unspecified atom stereocenters. The van der Waals surface area contributed by atoms with Crippen LogP contribution >= 0.6 is 0 Å².